The molecule has 0 rings (SSSR count). The van der Waals surface area contributed by atoms with Crippen LogP contribution in [0.1, 0.15) is 20.8 Å². The molecular formula is C8H16ClNO4. The number of carboxylic acids is 1. The zero-order chi connectivity index (χ0) is 10.6. The fraction of sp³-hybridized carbons (Fsp3) is 0.750. The Labute approximate surface area is 89.2 Å². The van der Waals surface area contributed by atoms with Gasteiger partial charge in [0, 0.05) is 0 Å². The number of carbonyl (C=O) groups excluding carboxylic acids is 1. The molecule has 84 valence electrons. The minimum atomic E-state index is -1.07. The quantitative estimate of drug-likeness (QED) is 0.742. The Morgan fingerprint density at radius 1 is 1.36 bits per heavy atom. The summed E-state index contributed by atoms with van der Waals surface area (Å²) < 4.78 is 4.31. The highest BCUT2D eigenvalue weighted by Gasteiger charge is 2.32. The molecule has 0 aromatic rings. The normalized spacial score (nSPS) is 12.3. The van der Waals surface area contributed by atoms with Crippen molar-refractivity contribution in [1.82, 2.24) is 5.32 Å². The molecule has 0 aromatic carbocycles. The number of rotatable bonds is 2. The standard InChI is InChI=1S/C8H15NO4.ClH/c1-8(2,3)5(6(10)11)9-7(12)13-4;/h5H,1-4H3,(H,9,12)(H,10,11);1H/t5-;/m1./s1. The van der Waals surface area contributed by atoms with E-state index < -0.39 is 23.5 Å². The third-order valence-electron chi connectivity index (χ3n) is 1.56. The van der Waals surface area contributed by atoms with E-state index in [4.69, 9.17) is 5.11 Å². The predicted octanol–water partition coefficient (Wildman–Crippen LogP) is 1.26. The molecule has 0 radical (unpaired) electrons. The van der Waals surface area contributed by atoms with Gasteiger partial charge in [0.2, 0.25) is 0 Å². The van der Waals surface area contributed by atoms with Crippen LogP contribution in [0.4, 0.5) is 4.79 Å². The van der Waals surface area contributed by atoms with Gasteiger partial charge >= 0.3 is 12.1 Å². The van der Waals surface area contributed by atoms with Crippen molar-refractivity contribution >= 4 is 24.5 Å². The number of aliphatic carboxylic acids is 1. The molecule has 0 aromatic heterocycles. The summed E-state index contributed by atoms with van der Waals surface area (Å²) >= 11 is 0. The SMILES string of the molecule is COC(=O)N[C@H](C(=O)O)C(C)(C)C.Cl. The predicted molar refractivity (Wildman–Crippen MR) is 53.7 cm³/mol. The lowest BCUT2D eigenvalue weighted by molar-refractivity contribution is -0.142. The Kier molecular flexibility index (Phi) is 6.31. The molecule has 0 fully saturated rings. The molecule has 0 saturated heterocycles. The average molecular weight is 226 g/mol. The monoisotopic (exact) mass is 225 g/mol. The second-order valence-electron chi connectivity index (χ2n) is 3.77. The molecular weight excluding hydrogens is 210 g/mol. The van der Waals surface area contributed by atoms with E-state index in [1.165, 1.54) is 7.11 Å². The number of amides is 1. The largest absolute Gasteiger partial charge is 0.480 e. The van der Waals surface area contributed by atoms with Gasteiger partial charge in [0.05, 0.1) is 7.11 Å². The van der Waals surface area contributed by atoms with Crippen LogP contribution in [0.25, 0.3) is 0 Å². The van der Waals surface area contributed by atoms with Gasteiger partial charge in [-0.15, -0.1) is 12.4 Å². The Morgan fingerprint density at radius 3 is 2.00 bits per heavy atom. The maximum absolute atomic E-state index is 10.8. The molecule has 6 heteroatoms. The van der Waals surface area contributed by atoms with Crippen molar-refractivity contribution in [3.63, 3.8) is 0 Å². The Morgan fingerprint density at radius 2 is 1.79 bits per heavy atom. The van der Waals surface area contributed by atoms with Crippen LogP contribution in [-0.4, -0.2) is 30.3 Å². The van der Waals surface area contributed by atoms with Crippen molar-refractivity contribution in [3.05, 3.63) is 0 Å². The van der Waals surface area contributed by atoms with E-state index in [-0.39, 0.29) is 12.4 Å². The third kappa shape index (κ3) is 4.91. The molecule has 0 bridgehead atoms. The van der Waals surface area contributed by atoms with Crippen LogP contribution >= 0.6 is 12.4 Å². The van der Waals surface area contributed by atoms with Gasteiger partial charge in [0.15, 0.2) is 0 Å². The van der Waals surface area contributed by atoms with E-state index >= 15 is 0 Å². The first-order chi connectivity index (χ1) is 5.79. The fourth-order valence-corrected chi connectivity index (χ4v) is 0.825. The molecule has 2 N–H and O–H groups in total. The Balaban J connectivity index is 0. The van der Waals surface area contributed by atoms with Crippen molar-refractivity contribution in [1.29, 1.82) is 0 Å². The number of methoxy groups -OCH3 is 1. The van der Waals surface area contributed by atoms with Crippen LogP contribution in [-0.2, 0) is 9.53 Å². The number of ether oxygens (including phenoxy) is 1. The van der Waals surface area contributed by atoms with E-state index in [1.807, 2.05) is 0 Å². The summed E-state index contributed by atoms with van der Waals surface area (Å²) in [7, 11) is 1.19. The van der Waals surface area contributed by atoms with Gasteiger partial charge in [-0.2, -0.15) is 0 Å². The highest BCUT2D eigenvalue weighted by Crippen LogP contribution is 2.19. The molecule has 1 atom stereocenters. The number of hydrogen-bond donors (Lipinski definition) is 2. The molecule has 1 amide bonds. The van der Waals surface area contributed by atoms with E-state index in [2.05, 4.69) is 10.1 Å². The number of alkyl carbamates (subject to hydrolysis) is 1. The van der Waals surface area contributed by atoms with Crippen LogP contribution in [0, 0.1) is 5.41 Å². The van der Waals surface area contributed by atoms with Crippen LogP contribution < -0.4 is 5.32 Å². The van der Waals surface area contributed by atoms with Gasteiger partial charge in [-0.3, -0.25) is 0 Å². The maximum atomic E-state index is 10.8. The first kappa shape index (κ1) is 15.5. The molecule has 0 unspecified atom stereocenters. The summed E-state index contributed by atoms with van der Waals surface area (Å²) in [5.41, 5.74) is -0.542. The maximum Gasteiger partial charge on any atom is 0.407 e. The highest BCUT2D eigenvalue weighted by molar-refractivity contribution is 5.85. The van der Waals surface area contributed by atoms with Gasteiger partial charge in [-0.05, 0) is 5.41 Å². The lowest BCUT2D eigenvalue weighted by Crippen LogP contribution is -2.49. The zero-order valence-electron chi connectivity index (χ0n) is 8.66. The fourth-order valence-electron chi connectivity index (χ4n) is 0.825. The minimum Gasteiger partial charge on any atom is -0.480 e. The van der Waals surface area contributed by atoms with Crippen LogP contribution in [0.2, 0.25) is 0 Å². The number of carboxylic acid groups (broad SMARTS) is 1. The lowest BCUT2D eigenvalue weighted by Gasteiger charge is -2.26. The molecule has 5 nitrogen and oxygen atoms in total. The topological polar surface area (TPSA) is 75.6 Å². The molecule has 0 aliphatic rings. The van der Waals surface area contributed by atoms with Crippen LogP contribution in [0.15, 0.2) is 0 Å². The minimum absolute atomic E-state index is 0. The van der Waals surface area contributed by atoms with Gasteiger partial charge in [-0.1, -0.05) is 20.8 Å². The summed E-state index contributed by atoms with van der Waals surface area (Å²) in [4.78, 5) is 21.5. The molecule has 0 saturated carbocycles. The van der Waals surface area contributed by atoms with E-state index in [0.717, 1.165) is 0 Å². The summed E-state index contributed by atoms with van der Waals surface area (Å²) in [5, 5.41) is 11.0. The zero-order valence-corrected chi connectivity index (χ0v) is 9.47. The second-order valence-corrected chi connectivity index (χ2v) is 3.77. The van der Waals surface area contributed by atoms with Gasteiger partial charge in [-0.25, -0.2) is 9.59 Å². The van der Waals surface area contributed by atoms with Crippen molar-refractivity contribution in [2.45, 2.75) is 26.8 Å². The van der Waals surface area contributed by atoms with Crippen molar-refractivity contribution in [2.75, 3.05) is 7.11 Å². The smallest absolute Gasteiger partial charge is 0.407 e. The van der Waals surface area contributed by atoms with Gasteiger partial charge < -0.3 is 15.2 Å². The van der Waals surface area contributed by atoms with Gasteiger partial charge in [0.25, 0.3) is 0 Å². The summed E-state index contributed by atoms with van der Waals surface area (Å²) in [6.07, 6.45) is -0.734. The van der Waals surface area contributed by atoms with E-state index in [1.54, 1.807) is 20.8 Å². The first-order valence-electron chi connectivity index (χ1n) is 3.86. The Hall–Kier alpha value is -0.970. The molecule has 0 aliphatic carbocycles. The second kappa shape index (κ2) is 5.70. The van der Waals surface area contributed by atoms with E-state index in [9.17, 15) is 9.59 Å². The van der Waals surface area contributed by atoms with Crippen molar-refractivity contribution in [2.24, 2.45) is 5.41 Å². The molecule has 0 aliphatic heterocycles. The first-order valence-corrected chi connectivity index (χ1v) is 3.86. The lowest BCUT2D eigenvalue weighted by atomic mass is 9.87. The number of carbonyl (C=O) groups is 2. The van der Waals surface area contributed by atoms with E-state index in [0.29, 0.717) is 0 Å². The van der Waals surface area contributed by atoms with Crippen LogP contribution in [0.3, 0.4) is 0 Å². The van der Waals surface area contributed by atoms with Gasteiger partial charge in [0.1, 0.15) is 6.04 Å². The third-order valence-corrected chi connectivity index (χ3v) is 1.56. The van der Waals surface area contributed by atoms with Crippen LogP contribution in [0.5, 0.6) is 0 Å². The summed E-state index contributed by atoms with van der Waals surface area (Å²) in [6, 6.07) is -0.944. The molecule has 0 heterocycles. The molecule has 0 spiro atoms. The van der Waals surface area contributed by atoms with Crippen molar-refractivity contribution in [3.8, 4) is 0 Å². The highest BCUT2D eigenvalue weighted by atomic mass is 35.5. The Bertz CT molecular complexity index is 212. The number of halogens is 1. The molecule has 14 heavy (non-hydrogen) atoms. The average Bonchev–Trinajstić information content (AvgIpc) is 1.96. The van der Waals surface area contributed by atoms with Crippen molar-refractivity contribution < 1.29 is 19.4 Å². The summed E-state index contributed by atoms with van der Waals surface area (Å²) in [5.74, 6) is -1.07. The number of hydrogen-bond acceptors (Lipinski definition) is 3. The number of nitrogens with one attached hydrogen (secondary N) is 1. The summed E-state index contributed by atoms with van der Waals surface area (Å²) in [6.45, 7) is 5.17.